The Kier molecular flexibility index (Phi) is 9.90. The average molecular weight is 785 g/mol. The Bertz CT molecular complexity index is 1460. The Morgan fingerprint density at radius 2 is 1.40 bits per heavy atom. The van der Waals surface area contributed by atoms with Crippen LogP contribution in [0.1, 0.15) is 106 Å². The van der Waals surface area contributed by atoms with Gasteiger partial charge in [-0.1, -0.05) is 27.7 Å². The Morgan fingerprint density at radius 3 is 2.05 bits per heavy atom. The summed E-state index contributed by atoms with van der Waals surface area (Å²) in [6.07, 6.45) is -7.48. The van der Waals surface area contributed by atoms with Crippen LogP contribution in [-0.4, -0.2) is 150 Å². The fraction of sp³-hybridized carbons (Fsp3) is 1.00. The maximum Gasteiger partial charge on any atom is 0.186 e. The molecule has 8 rings (SSSR count). The summed E-state index contributed by atoms with van der Waals surface area (Å²) in [7, 11) is 0. The third kappa shape index (κ3) is 5.70. The van der Waals surface area contributed by atoms with E-state index in [1.807, 2.05) is 0 Å². The predicted molar refractivity (Wildman–Crippen MR) is 194 cm³/mol. The molecule has 5 aliphatic carbocycles. The van der Waals surface area contributed by atoms with Gasteiger partial charge in [0.15, 0.2) is 12.6 Å². The van der Waals surface area contributed by atoms with Gasteiger partial charge in [0.1, 0.15) is 42.7 Å². The highest BCUT2D eigenvalue weighted by Crippen LogP contribution is 2.89. The molecule has 21 atom stereocenters. The number of rotatable bonds is 7. The summed E-state index contributed by atoms with van der Waals surface area (Å²) in [6, 6.07) is 0. The average Bonchev–Trinajstić information content (AvgIpc) is 3.47. The van der Waals surface area contributed by atoms with Crippen LogP contribution in [-0.2, 0) is 23.7 Å². The molecule has 3 saturated heterocycles. The first-order valence-corrected chi connectivity index (χ1v) is 20.9. The molecule has 14 nitrogen and oxygen atoms in total. The van der Waals surface area contributed by atoms with Gasteiger partial charge >= 0.3 is 0 Å². The van der Waals surface area contributed by atoms with Crippen LogP contribution in [0.15, 0.2) is 0 Å². The third-order valence-electron chi connectivity index (χ3n) is 17.6. The van der Waals surface area contributed by atoms with Crippen LogP contribution in [0.5, 0.6) is 0 Å². The van der Waals surface area contributed by atoms with Crippen LogP contribution in [0.25, 0.3) is 0 Å². The molecule has 8 aliphatic rings. The van der Waals surface area contributed by atoms with Crippen molar-refractivity contribution in [2.75, 3.05) is 13.2 Å². The molecule has 14 heteroatoms. The zero-order chi connectivity index (χ0) is 40.1. The number of fused-ring (bicyclic) bond motifs is 2. The highest BCUT2D eigenvalue weighted by Gasteiger charge is 2.85. The maximum atomic E-state index is 12.2. The first-order valence-electron chi connectivity index (χ1n) is 20.9. The number of aliphatic hydroxyl groups is 9. The molecule has 2 spiro atoms. The Morgan fingerprint density at radius 1 is 0.709 bits per heavy atom. The maximum absolute atomic E-state index is 12.2. The van der Waals surface area contributed by atoms with Crippen molar-refractivity contribution in [2.24, 2.45) is 44.8 Å². The van der Waals surface area contributed by atoms with Gasteiger partial charge in [0.2, 0.25) is 0 Å². The van der Waals surface area contributed by atoms with Crippen LogP contribution in [0.3, 0.4) is 0 Å². The fourth-order valence-electron chi connectivity index (χ4n) is 14.9. The minimum atomic E-state index is -1.60. The van der Waals surface area contributed by atoms with Gasteiger partial charge in [-0.3, -0.25) is 0 Å². The molecule has 3 aliphatic heterocycles. The van der Waals surface area contributed by atoms with Crippen LogP contribution in [0, 0.1) is 44.8 Å². The molecular weight excluding hydrogens is 716 g/mol. The lowest BCUT2D eigenvalue weighted by Crippen LogP contribution is -2.65. The molecule has 3 heterocycles. The van der Waals surface area contributed by atoms with Crippen molar-refractivity contribution in [3.8, 4) is 0 Å². The smallest absolute Gasteiger partial charge is 0.186 e. The summed E-state index contributed by atoms with van der Waals surface area (Å²) >= 11 is 0. The van der Waals surface area contributed by atoms with Gasteiger partial charge in [-0.2, -0.15) is 0 Å². The van der Waals surface area contributed by atoms with E-state index in [1.165, 1.54) is 0 Å². The van der Waals surface area contributed by atoms with Gasteiger partial charge in [0.05, 0.1) is 48.8 Å². The van der Waals surface area contributed by atoms with E-state index in [0.717, 1.165) is 32.1 Å². The summed E-state index contributed by atoms with van der Waals surface area (Å²) in [5.74, 6) is -0.215. The normalized spacial score (nSPS) is 58.7. The topological polar surface area (TPSA) is 228 Å². The van der Waals surface area contributed by atoms with Crippen molar-refractivity contribution < 1.29 is 69.6 Å². The summed E-state index contributed by atoms with van der Waals surface area (Å²) < 4.78 is 31.9. The van der Waals surface area contributed by atoms with Crippen LogP contribution >= 0.6 is 0 Å². The van der Waals surface area contributed by atoms with E-state index in [1.54, 1.807) is 13.8 Å². The zero-order valence-corrected chi connectivity index (χ0v) is 33.6. The highest BCUT2D eigenvalue weighted by molar-refractivity contribution is 5.33. The molecule has 0 radical (unpaired) electrons. The van der Waals surface area contributed by atoms with Crippen molar-refractivity contribution in [3.05, 3.63) is 0 Å². The van der Waals surface area contributed by atoms with Gasteiger partial charge in [-0.15, -0.1) is 0 Å². The quantitative estimate of drug-likeness (QED) is 0.162. The lowest BCUT2D eigenvalue weighted by Gasteiger charge is -2.65. The van der Waals surface area contributed by atoms with Crippen molar-refractivity contribution in [3.63, 3.8) is 0 Å². The molecule has 5 saturated carbocycles. The second-order valence-corrected chi connectivity index (χ2v) is 21.1. The van der Waals surface area contributed by atoms with E-state index in [9.17, 15) is 46.0 Å². The summed E-state index contributed by atoms with van der Waals surface area (Å²) in [6.45, 7) is 13.8. The monoisotopic (exact) mass is 784 g/mol. The van der Waals surface area contributed by atoms with Crippen LogP contribution < -0.4 is 0 Å². The zero-order valence-electron chi connectivity index (χ0n) is 33.6. The number of hydrogen-bond acceptors (Lipinski definition) is 14. The Hall–Kier alpha value is -0.560. The Balaban J connectivity index is 1.15. The molecule has 18 unspecified atom stereocenters. The van der Waals surface area contributed by atoms with Crippen LogP contribution in [0.4, 0.5) is 0 Å². The molecule has 316 valence electrons. The van der Waals surface area contributed by atoms with Gasteiger partial charge in [-0.25, -0.2) is 0 Å². The van der Waals surface area contributed by atoms with E-state index in [-0.39, 0.29) is 52.1 Å². The third-order valence-corrected chi connectivity index (χ3v) is 17.6. The number of ether oxygens (including phenoxy) is 5. The van der Waals surface area contributed by atoms with Gasteiger partial charge in [0.25, 0.3) is 0 Å². The minimum Gasteiger partial charge on any atom is -0.394 e. The summed E-state index contributed by atoms with van der Waals surface area (Å²) in [5, 5.41) is 97.2. The van der Waals surface area contributed by atoms with E-state index in [4.69, 9.17) is 23.7 Å². The van der Waals surface area contributed by atoms with Crippen LogP contribution in [0.2, 0.25) is 0 Å². The lowest BCUT2D eigenvalue weighted by molar-refractivity contribution is -0.339. The van der Waals surface area contributed by atoms with Gasteiger partial charge < -0.3 is 69.6 Å². The minimum absolute atomic E-state index is 0.0633. The fourth-order valence-corrected chi connectivity index (χ4v) is 14.9. The Labute approximate surface area is 324 Å². The molecule has 0 aromatic rings. The lowest BCUT2D eigenvalue weighted by atomic mass is 9.41. The molecule has 0 aromatic heterocycles. The second-order valence-electron chi connectivity index (χ2n) is 21.1. The van der Waals surface area contributed by atoms with E-state index >= 15 is 0 Å². The summed E-state index contributed by atoms with van der Waals surface area (Å²) in [5.41, 5.74) is -3.16. The molecular formula is C41H68O14. The molecule has 0 amide bonds. The first-order chi connectivity index (χ1) is 25.5. The van der Waals surface area contributed by atoms with Crippen molar-refractivity contribution >= 4 is 0 Å². The van der Waals surface area contributed by atoms with Gasteiger partial charge in [0, 0.05) is 5.92 Å². The highest BCUT2D eigenvalue weighted by atomic mass is 16.7. The molecule has 8 fully saturated rings. The largest absolute Gasteiger partial charge is 0.394 e. The molecule has 0 aromatic carbocycles. The van der Waals surface area contributed by atoms with Gasteiger partial charge in [-0.05, 0) is 117 Å². The number of hydrogen-bond donors (Lipinski definition) is 9. The van der Waals surface area contributed by atoms with E-state index in [0.29, 0.717) is 25.7 Å². The van der Waals surface area contributed by atoms with Crippen molar-refractivity contribution in [1.29, 1.82) is 0 Å². The molecule has 0 bridgehead atoms. The SMILES string of the molecule is CC(C)(O)C1CC[C@](C)(C2C(O)C[C@@]3(C)C4C[C@H](OC5OC(CO)C(O)C(O)C5O)C5C(C)(C)C(OC6OCC(O)C(O)C6O)CCC56CC46CCC23C)O1. The standard InChI is InChI=1S/C41H68O14/c1-35(2)24(54-33-29(48)26(45)20(44)17-51-33)9-11-41-18-40(41)13-12-37(5)31(39(7)10-8-25(55-39)36(3,4)50)19(43)15-38(37,6)23(40)14-21(32(35)41)52-34-30(49)28(47)27(46)22(16-42)53-34/h19-34,42-50H,8-18H2,1-7H3/t19?,20?,21-,22?,23?,24?,25?,26?,27?,28?,29?,30?,31?,32?,33?,34?,37?,38-,39+,40?,41?/m0/s1. The second kappa shape index (κ2) is 13.2. The molecule has 9 N–H and O–H groups in total. The first kappa shape index (κ1) is 41.2. The van der Waals surface area contributed by atoms with Crippen molar-refractivity contribution in [1.82, 2.24) is 0 Å². The predicted octanol–water partition coefficient (Wildman–Crippen LogP) is 0.724. The summed E-state index contributed by atoms with van der Waals surface area (Å²) in [4.78, 5) is 0. The van der Waals surface area contributed by atoms with E-state index in [2.05, 4.69) is 34.6 Å². The van der Waals surface area contributed by atoms with Crippen molar-refractivity contribution in [2.45, 2.75) is 197 Å². The molecule has 55 heavy (non-hydrogen) atoms. The van der Waals surface area contributed by atoms with E-state index < -0.39 is 96.8 Å². The number of aliphatic hydroxyl groups excluding tert-OH is 8.